The van der Waals surface area contributed by atoms with E-state index in [1.807, 2.05) is 12.1 Å². The molecular weight excluding hydrogens is 401 g/mol. The molecule has 4 heterocycles. The van der Waals surface area contributed by atoms with Crippen LogP contribution in [0.3, 0.4) is 0 Å². The number of fused-ring (bicyclic) bond motifs is 4. The van der Waals surface area contributed by atoms with Crippen LogP contribution in [0.15, 0.2) is 48.5 Å². The lowest BCUT2D eigenvalue weighted by molar-refractivity contribution is -0.128. The average Bonchev–Trinajstić information content (AvgIpc) is 3.08. The monoisotopic (exact) mass is 435 g/mol. The average molecular weight is 436 g/mol. The molecule has 32 heavy (non-hydrogen) atoms. The summed E-state index contributed by atoms with van der Waals surface area (Å²) in [6.07, 6.45) is 5.26. The van der Waals surface area contributed by atoms with E-state index in [1.165, 1.54) is 43.8 Å². The van der Waals surface area contributed by atoms with Crippen LogP contribution in [0.25, 0.3) is 11.1 Å². The minimum Gasteiger partial charge on any atom is -0.371 e. The van der Waals surface area contributed by atoms with Gasteiger partial charge in [0.1, 0.15) is 5.82 Å². The van der Waals surface area contributed by atoms with E-state index in [0.717, 1.165) is 50.0 Å². The van der Waals surface area contributed by atoms with E-state index in [1.54, 1.807) is 0 Å². The number of halogens is 1. The molecule has 1 atom stereocenters. The van der Waals surface area contributed by atoms with E-state index in [0.29, 0.717) is 5.92 Å². The van der Waals surface area contributed by atoms with E-state index in [2.05, 4.69) is 46.3 Å². The Morgan fingerprint density at radius 3 is 2.38 bits per heavy atom. The highest BCUT2D eigenvalue weighted by atomic mass is 19.1. The van der Waals surface area contributed by atoms with Crippen LogP contribution in [0.1, 0.15) is 39.0 Å². The molecule has 2 aromatic carbocycles. The van der Waals surface area contributed by atoms with E-state index < -0.39 is 0 Å². The number of hydrogen-bond donors (Lipinski definition) is 1. The quantitative estimate of drug-likeness (QED) is 0.756. The van der Waals surface area contributed by atoms with Gasteiger partial charge in [0.15, 0.2) is 0 Å². The molecule has 4 aliphatic rings. The van der Waals surface area contributed by atoms with Crippen molar-refractivity contribution in [2.24, 2.45) is 11.8 Å². The highest BCUT2D eigenvalue weighted by molar-refractivity contribution is 5.80. The number of nitrogens with one attached hydrogen (secondary N) is 1. The second kappa shape index (κ2) is 8.86. The summed E-state index contributed by atoms with van der Waals surface area (Å²) in [4.78, 5) is 18.1. The van der Waals surface area contributed by atoms with Gasteiger partial charge in [-0.3, -0.25) is 4.79 Å². The second-order valence-corrected chi connectivity index (χ2v) is 10.1. The molecule has 0 spiro atoms. The third kappa shape index (κ3) is 4.40. The zero-order valence-corrected chi connectivity index (χ0v) is 19.0. The summed E-state index contributed by atoms with van der Waals surface area (Å²) in [5.41, 5.74) is 3.23. The normalized spacial score (nSPS) is 28.4. The van der Waals surface area contributed by atoms with Crippen molar-refractivity contribution in [3.8, 4) is 11.1 Å². The fraction of sp³-hybridized carbons (Fsp3) is 0.519. The molecule has 2 aromatic rings. The Labute approximate surface area is 190 Å². The van der Waals surface area contributed by atoms with Crippen molar-refractivity contribution < 1.29 is 9.18 Å². The Morgan fingerprint density at radius 2 is 1.66 bits per heavy atom. The molecule has 0 saturated carbocycles. The van der Waals surface area contributed by atoms with Crippen molar-refractivity contribution >= 4 is 11.6 Å². The topological polar surface area (TPSA) is 35.6 Å². The highest BCUT2D eigenvalue weighted by Crippen LogP contribution is 2.36. The van der Waals surface area contributed by atoms with E-state index in [9.17, 15) is 9.18 Å². The van der Waals surface area contributed by atoms with Crippen molar-refractivity contribution in [1.29, 1.82) is 0 Å². The molecule has 4 nitrogen and oxygen atoms in total. The number of rotatable bonds is 4. The summed E-state index contributed by atoms with van der Waals surface area (Å²) < 4.78 is 13.3. The number of amides is 1. The zero-order chi connectivity index (χ0) is 22.1. The van der Waals surface area contributed by atoms with Gasteiger partial charge in [-0.05, 0) is 93.4 Å². The summed E-state index contributed by atoms with van der Waals surface area (Å²) in [5.74, 6) is 0.754. The number of hydrogen-bond acceptors (Lipinski definition) is 3. The lowest BCUT2D eigenvalue weighted by Gasteiger charge is -2.40. The molecule has 6 rings (SSSR count). The molecule has 2 bridgehead atoms. The van der Waals surface area contributed by atoms with Crippen LogP contribution in [-0.4, -0.2) is 49.1 Å². The number of nitrogens with zero attached hydrogens (tertiary/aromatic N) is 2. The number of piperidine rings is 2. The first kappa shape index (κ1) is 21.4. The molecule has 0 aromatic heterocycles. The van der Waals surface area contributed by atoms with Gasteiger partial charge in [-0.25, -0.2) is 4.39 Å². The first-order chi connectivity index (χ1) is 15.5. The Balaban J connectivity index is 1.20. The lowest BCUT2D eigenvalue weighted by Crippen LogP contribution is -2.54. The standard InChI is InChI=1S/C27H34FN3O/c1-27(13-18-30-14-11-23(27)12-15-30)29-26(32)21-9-16-31(17-10-21)25-4-2-3-22(19-25)20-5-7-24(28)8-6-20/h2-8,19,21,23H,9-18H2,1H3,(H,29,32). The Hall–Kier alpha value is -2.40. The summed E-state index contributed by atoms with van der Waals surface area (Å²) in [5, 5.41) is 3.51. The molecule has 4 aliphatic heterocycles. The van der Waals surface area contributed by atoms with Gasteiger partial charge in [0.05, 0.1) is 0 Å². The summed E-state index contributed by atoms with van der Waals surface area (Å²) in [7, 11) is 0. The molecule has 0 aliphatic carbocycles. The number of anilines is 1. The molecular formula is C27H34FN3O. The van der Waals surface area contributed by atoms with Crippen molar-refractivity contribution in [2.75, 3.05) is 37.6 Å². The lowest BCUT2D eigenvalue weighted by atomic mass is 9.78. The molecule has 1 N–H and O–H groups in total. The Bertz CT molecular complexity index is 946. The SMILES string of the molecule is CC1(NC(=O)C2CCN(c3cccc(-c4ccc(F)cc4)c3)CC2)CCN2CCC1CC2. The molecule has 4 fully saturated rings. The second-order valence-electron chi connectivity index (χ2n) is 10.1. The van der Waals surface area contributed by atoms with Gasteiger partial charge in [-0.15, -0.1) is 0 Å². The molecule has 5 heteroatoms. The predicted octanol–water partition coefficient (Wildman–Crippen LogP) is 4.70. The van der Waals surface area contributed by atoms with E-state index in [-0.39, 0.29) is 23.2 Å². The van der Waals surface area contributed by atoms with Crippen LogP contribution in [0.2, 0.25) is 0 Å². The van der Waals surface area contributed by atoms with Crippen LogP contribution >= 0.6 is 0 Å². The largest absolute Gasteiger partial charge is 0.371 e. The number of carbonyl (C=O) groups is 1. The molecule has 1 unspecified atom stereocenters. The third-order valence-electron chi connectivity index (χ3n) is 8.10. The van der Waals surface area contributed by atoms with Crippen molar-refractivity contribution in [3.05, 3.63) is 54.3 Å². The van der Waals surface area contributed by atoms with E-state index in [4.69, 9.17) is 0 Å². The minimum absolute atomic E-state index is 0.0526. The summed E-state index contributed by atoms with van der Waals surface area (Å²) in [6.45, 7) is 7.53. The van der Waals surface area contributed by atoms with Crippen molar-refractivity contribution in [1.82, 2.24) is 10.2 Å². The highest BCUT2D eigenvalue weighted by Gasteiger charge is 2.42. The fourth-order valence-corrected chi connectivity index (χ4v) is 5.86. The zero-order valence-electron chi connectivity index (χ0n) is 19.0. The van der Waals surface area contributed by atoms with Gasteiger partial charge in [0, 0.05) is 36.8 Å². The molecule has 1 amide bonds. The minimum atomic E-state index is -0.215. The third-order valence-corrected chi connectivity index (χ3v) is 8.10. The number of carbonyl (C=O) groups excluding carboxylic acids is 1. The van der Waals surface area contributed by atoms with Crippen LogP contribution in [0, 0.1) is 17.7 Å². The maximum absolute atomic E-state index is 13.3. The Kier molecular flexibility index (Phi) is 5.93. The first-order valence-electron chi connectivity index (χ1n) is 12.2. The van der Waals surface area contributed by atoms with Gasteiger partial charge < -0.3 is 15.1 Å². The van der Waals surface area contributed by atoms with Gasteiger partial charge in [0.2, 0.25) is 5.91 Å². The summed E-state index contributed by atoms with van der Waals surface area (Å²) in [6, 6.07) is 15.1. The van der Waals surface area contributed by atoms with Crippen LogP contribution in [0.4, 0.5) is 10.1 Å². The summed E-state index contributed by atoms with van der Waals surface area (Å²) >= 11 is 0. The van der Waals surface area contributed by atoms with Gasteiger partial charge in [-0.2, -0.15) is 0 Å². The first-order valence-corrected chi connectivity index (χ1v) is 12.2. The van der Waals surface area contributed by atoms with Crippen LogP contribution in [-0.2, 0) is 4.79 Å². The van der Waals surface area contributed by atoms with Gasteiger partial charge in [-0.1, -0.05) is 24.3 Å². The maximum atomic E-state index is 13.3. The van der Waals surface area contributed by atoms with E-state index >= 15 is 0 Å². The van der Waals surface area contributed by atoms with Crippen molar-refractivity contribution in [3.63, 3.8) is 0 Å². The fourth-order valence-electron chi connectivity index (χ4n) is 5.86. The van der Waals surface area contributed by atoms with Gasteiger partial charge in [0.25, 0.3) is 0 Å². The smallest absolute Gasteiger partial charge is 0.223 e. The molecule has 0 radical (unpaired) electrons. The van der Waals surface area contributed by atoms with Crippen LogP contribution < -0.4 is 10.2 Å². The predicted molar refractivity (Wildman–Crippen MR) is 127 cm³/mol. The Morgan fingerprint density at radius 1 is 0.938 bits per heavy atom. The number of benzene rings is 2. The van der Waals surface area contributed by atoms with Crippen LogP contribution in [0.5, 0.6) is 0 Å². The molecule has 4 saturated heterocycles. The van der Waals surface area contributed by atoms with Crippen molar-refractivity contribution in [2.45, 2.75) is 44.6 Å². The molecule has 170 valence electrons. The van der Waals surface area contributed by atoms with Gasteiger partial charge >= 0.3 is 0 Å². The maximum Gasteiger partial charge on any atom is 0.223 e.